The highest BCUT2D eigenvalue weighted by Crippen LogP contribution is 2.40. The molecule has 0 aliphatic heterocycles. The second-order valence-electron chi connectivity index (χ2n) is 14.0. The van der Waals surface area contributed by atoms with Crippen molar-refractivity contribution < 1.29 is 0 Å². The molecule has 0 aliphatic rings. The first kappa shape index (κ1) is 33.1. The van der Waals surface area contributed by atoms with Crippen LogP contribution in [0.1, 0.15) is 0 Å². The van der Waals surface area contributed by atoms with Crippen LogP contribution in [0.3, 0.4) is 0 Å². The van der Waals surface area contributed by atoms with Crippen LogP contribution in [0, 0.1) is 0 Å². The predicted molar refractivity (Wildman–Crippen MR) is 233 cm³/mol. The molecule has 262 valence electrons. The van der Waals surface area contributed by atoms with Gasteiger partial charge in [-0.2, -0.15) is 0 Å². The third-order valence-electron chi connectivity index (χ3n) is 10.5. The topological polar surface area (TPSA) is 38.7 Å². The van der Waals surface area contributed by atoms with E-state index in [0.29, 0.717) is 5.82 Å². The minimum atomic E-state index is 0.712. The van der Waals surface area contributed by atoms with E-state index in [4.69, 9.17) is 15.0 Å². The highest BCUT2D eigenvalue weighted by atomic mass is 14.9. The first-order chi connectivity index (χ1) is 27.7. The molecule has 0 saturated heterocycles. The van der Waals surface area contributed by atoms with Gasteiger partial charge in [0.05, 0.1) is 22.6 Å². The van der Waals surface area contributed by atoms with Crippen LogP contribution in [0.15, 0.2) is 212 Å². The van der Waals surface area contributed by atoms with Crippen LogP contribution in [-0.2, 0) is 0 Å². The molecule has 10 rings (SSSR count). The maximum atomic E-state index is 5.35. The van der Waals surface area contributed by atoms with Gasteiger partial charge in [-0.25, -0.2) is 15.0 Å². The van der Waals surface area contributed by atoms with Gasteiger partial charge in [0.2, 0.25) is 0 Å². The Hall–Kier alpha value is -7.49. The Kier molecular flexibility index (Phi) is 8.51. The van der Waals surface area contributed by atoms with E-state index in [9.17, 15) is 0 Å². The van der Waals surface area contributed by atoms with E-state index in [1.807, 2.05) is 36.4 Å². The Labute approximate surface area is 326 Å². The number of rotatable bonds is 7. The summed E-state index contributed by atoms with van der Waals surface area (Å²) in [5, 5.41) is 3.52. The van der Waals surface area contributed by atoms with Crippen molar-refractivity contribution in [2.24, 2.45) is 0 Å². The maximum absolute atomic E-state index is 5.35. The Morgan fingerprint density at radius 3 is 1.41 bits per heavy atom. The van der Waals surface area contributed by atoms with Crippen molar-refractivity contribution in [1.82, 2.24) is 15.0 Å². The smallest absolute Gasteiger partial charge is 0.160 e. The Morgan fingerprint density at radius 1 is 0.268 bits per heavy atom. The van der Waals surface area contributed by atoms with Gasteiger partial charge in [-0.05, 0) is 51.6 Å². The molecular formula is C53H35N3. The number of fused-ring (bicyclic) bond motifs is 3. The average molecular weight is 714 g/mol. The van der Waals surface area contributed by atoms with Crippen LogP contribution in [-0.4, -0.2) is 15.0 Å². The van der Waals surface area contributed by atoms with Gasteiger partial charge in [0.15, 0.2) is 5.82 Å². The van der Waals surface area contributed by atoms with Crippen LogP contribution in [0.4, 0.5) is 0 Å². The predicted octanol–water partition coefficient (Wildman–Crippen LogP) is 13.8. The van der Waals surface area contributed by atoms with Gasteiger partial charge < -0.3 is 0 Å². The Bertz CT molecular complexity index is 2920. The van der Waals surface area contributed by atoms with Gasteiger partial charge >= 0.3 is 0 Å². The summed E-state index contributed by atoms with van der Waals surface area (Å²) in [6.07, 6.45) is 0. The fourth-order valence-electron chi connectivity index (χ4n) is 7.69. The second kappa shape index (κ2) is 14.4. The van der Waals surface area contributed by atoms with Crippen molar-refractivity contribution >= 4 is 21.7 Å². The summed E-state index contributed by atoms with van der Waals surface area (Å²) in [4.78, 5) is 15.3. The molecule has 56 heavy (non-hydrogen) atoms. The third kappa shape index (κ3) is 6.31. The van der Waals surface area contributed by atoms with E-state index in [-0.39, 0.29) is 0 Å². The zero-order valence-electron chi connectivity index (χ0n) is 30.5. The van der Waals surface area contributed by atoms with E-state index in [0.717, 1.165) is 77.9 Å². The first-order valence-electron chi connectivity index (χ1n) is 18.9. The summed E-state index contributed by atoms with van der Waals surface area (Å²) in [7, 11) is 0. The molecule has 3 heteroatoms. The number of pyridine rings is 1. The fraction of sp³-hybridized carbons (Fsp3) is 0. The highest BCUT2D eigenvalue weighted by Gasteiger charge is 2.16. The Morgan fingerprint density at radius 2 is 0.750 bits per heavy atom. The summed E-state index contributed by atoms with van der Waals surface area (Å²) < 4.78 is 0. The first-order valence-corrected chi connectivity index (χ1v) is 18.9. The standard InChI is InChI=1S/C53H35N3/c1-5-15-37(16-6-1)45-25-14-26-47-51(45)46-32-31-44(34-50(46)54-52(47)40-19-9-3-10-20-40)43-24-13-23-42(33-43)36-27-29-39(30-28-36)49-35-48(38-17-7-2-8-18-38)55-53(56-49)41-21-11-4-12-22-41/h1-35H. The van der Waals surface area contributed by atoms with Crippen molar-refractivity contribution in [3.05, 3.63) is 212 Å². The molecule has 10 aromatic rings. The molecule has 0 saturated carbocycles. The number of hydrogen-bond acceptors (Lipinski definition) is 3. The van der Waals surface area contributed by atoms with Gasteiger partial charge in [-0.3, -0.25) is 0 Å². The molecular weight excluding hydrogens is 679 g/mol. The van der Waals surface area contributed by atoms with Gasteiger partial charge in [0, 0.05) is 38.4 Å². The molecule has 8 aromatic carbocycles. The van der Waals surface area contributed by atoms with Gasteiger partial charge in [-0.1, -0.05) is 194 Å². The molecule has 2 heterocycles. The zero-order chi connectivity index (χ0) is 37.3. The molecule has 0 bridgehead atoms. The molecule has 0 spiro atoms. The van der Waals surface area contributed by atoms with Crippen molar-refractivity contribution in [2.75, 3.05) is 0 Å². The Balaban J connectivity index is 1.03. The van der Waals surface area contributed by atoms with Crippen LogP contribution < -0.4 is 0 Å². The van der Waals surface area contributed by atoms with E-state index in [1.54, 1.807) is 0 Å². The monoisotopic (exact) mass is 713 g/mol. The molecule has 0 aliphatic carbocycles. The number of benzene rings is 8. The molecule has 2 aromatic heterocycles. The number of hydrogen-bond donors (Lipinski definition) is 0. The summed E-state index contributed by atoms with van der Waals surface area (Å²) in [6.45, 7) is 0. The molecule has 3 nitrogen and oxygen atoms in total. The lowest BCUT2D eigenvalue weighted by Gasteiger charge is -2.15. The fourth-order valence-corrected chi connectivity index (χ4v) is 7.69. The third-order valence-corrected chi connectivity index (χ3v) is 10.5. The normalized spacial score (nSPS) is 11.2. The second-order valence-corrected chi connectivity index (χ2v) is 14.0. The van der Waals surface area contributed by atoms with E-state index >= 15 is 0 Å². The van der Waals surface area contributed by atoms with Crippen LogP contribution >= 0.6 is 0 Å². The van der Waals surface area contributed by atoms with Crippen LogP contribution in [0.2, 0.25) is 0 Å². The largest absolute Gasteiger partial charge is 0.247 e. The molecule has 0 radical (unpaired) electrons. The SMILES string of the molecule is c1ccc(-c2cc(-c3ccc(-c4cccc(-c5ccc6c(c5)nc(-c5ccccc5)c5cccc(-c7ccccc7)c56)c4)cc3)nc(-c3ccccc3)n2)cc1. The molecule has 0 N–H and O–H groups in total. The lowest BCUT2D eigenvalue weighted by Crippen LogP contribution is -1.95. The number of aromatic nitrogens is 3. The summed E-state index contributed by atoms with van der Waals surface area (Å²) in [6, 6.07) is 74.5. The quantitative estimate of drug-likeness (QED) is 0.154. The van der Waals surface area contributed by atoms with Crippen molar-refractivity contribution in [3.8, 4) is 78.5 Å². The van der Waals surface area contributed by atoms with Gasteiger partial charge in [0.1, 0.15) is 0 Å². The highest BCUT2D eigenvalue weighted by molar-refractivity contribution is 6.17. The van der Waals surface area contributed by atoms with Crippen molar-refractivity contribution in [2.45, 2.75) is 0 Å². The molecule has 0 unspecified atom stereocenters. The lowest BCUT2D eigenvalue weighted by atomic mass is 9.91. The minimum absolute atomic E-state index is 0.712. The zero-order valence-corrected chi connectivity index (χ0v) is 30.5. The van der Waals surface area contributed by atoms with Crippen LogP contribution in [0.5, 0.6) is 0 Å². The lowest BCUT2D eigenvalue weighted by molar-refractivity contribution is 1.18. The molecule has 0 fully saturated rings. The average Bonchev–Trinajstić information content (AvgIpc) is 3.29. The summed E-state index contributed by atoms with van der Waals surface area (Å²) >= 11 is 0. The molecule has 0 amide bonds. The maximum Gasteiger partial charge on any atom is 0.160 e. The van der Waals surface area contributed by atoms with Gasteiger partial charge in [0.25, 0.3) is 0 Å². The van der Waals surface area contributed by atoms with Gasteiger partial charge in [-0.15, -0.1) is 0 Å². The van der Waals surface area contributed by atoms with E-state index in [1.165, 1.54) is 16.5 Å². The van der Waals surface area contributed by atoms with E-state index in [2.05, 4.69) is 176 Å². The van der Waals surface area contributed by atoms with Crippen LogP contribution in [0.25, 0.3) is 100 Å². The van der Waals surface area contributed by atoms with E-state index < -0.39 is 0 Å². The summed E-state index contributed by atoms with van der Waals surface area (Å²) in [5.74, 6) is 0.712. The summed E-state index contributed by atoms with van der Waals surface area (Å²) in [5.41, 5.74) is 14.9. The molecule has 0 atom stereocenters. The number of nitrogens with zero attached hydrogens (tertiary/aromatic N) is 3. The van der Waals surface area contributed by atoms with Crippen molar-refractivity contribution in [1.29, 1.82) is 0 Å². The van der Waals surface area contributed by atoms with Crippen molar-refractivity contribution in [3.63, 3.8) is 0 Å². The minimum Gasteiger partial charge on any atom is -0.247 e.